The molecule has 0 aliphatic heterocycles. The fraction of sp³-hybridized carbons (Fsp3) is 0.636. The van der Waals surface area contributed by atoms with Crippen molar-refractivity contribution in [2.45, 2.75) is 36.8 Å². The van der Waals surface area contributed by atoms with E-state index in [4.69, 9.17) is 10.2 Å². The Morgan fingerprint density at radius 3 is 2.71 bits per heavy atom. The third kappa shape index (κ3) is 2.88. The van der Waals surface area contributed by atoms with Crippen LogP contribution in [0.3, 0.4) is 0 Å². The van der Waals surface area contributed by atoms with E-state index in [9.17, 15) is 8.42 Å². The molecule has 0 amide bonds. The maximum Gasteiger partial charge on any atom is 0.274 e. The van der Waals surface area contributed by atoms with Crippen LogP contribution in [-0.2, 0) is 10.0 Å². The van der Waals surface area contributed by atoms with Crippen LogP contribution >= 0.6 is 0 Å². The van der Waals surface area contributed by atoms with E-state index in [1.54, 1.807) is 6.07 Å². The first kappa shape index (κ1) is 12.6. The highest BCUT2D eigenvalue weighted by atomic mass is 32.2. The molecule has 0 bridgehead atoms. The molecule has 5 nitrogen and oxygen atoms in total. The van der Waals surface area contributed by atoms with Gasteiger partial charge in [0.05, 0.1) is 6.26 Å². The molecule has 96 valence electrons. The molecule has 17 heavy (non-hydrogen) atoms. The molecule has 1 aliphatic rings. The molecule has 1 aliphatic carbocycles. The normalized spacial score (nSPS) is 19.6. The summed E-state index contributed by atoms with van der Waals surface area (Å²) in [5.74, 6) is 0.352. The van der Waals surface area contributed by atoms with Gasteiger partial charge in [-0.1, -0.05) is 12.8 Å². The second-order valence-corrected chi connectivity index (χ2v) is 6.09. The summed E-state index contributed by atoms with van der Waals surface area (Å²) in [5, 5.41) is -0.0473. The zero-order valence-electron chi connectivity index (χ0n) is 9.63. The minimum atomic E-state index is -3.56. The van der Waals surface area contributed by atoms with Gasteiger partial charge in [-0.3, -0.25) is 0 Å². The molecule has 1 aromatic heterocycles. The summed E-state index contributed by atoms with van der Waals surface area (Å²) in [4.78, 5) is 0. The number of hydrogen-bond donors (Lipinski definition) is 2. The van der Waals surface area contributed by atoms with Gasteiger partial charge in [0.2, 0.25) is 5.09 Å². The van der Waals surface area contributed by atoms with Crippen LogP contribution in [0, 0.1) is 5.92 Å². The van der Waals surface area contributed by atoms with Crippen molar-refractivity contribution in [2.24, 2.45) is 11.7 Å². The lowest BCUT2D eigenvalue weighted by molar-refractivity contribution is 0.393. The third-order valence-corrected chi connectivity index (χ3v) is 4.66. The Kier molecular flexibility index (Phi) is 3.86. The zero-order valence-corrected chi connectivity index (χ0v) is 10.4. The van der Waals surface area contributed by atoms with Gasteiger partial charge in [0.1, 0.15) is 0 Å². The summed E-state index contributed by atoms with van der Waals surface area (Å²) in [7, 11) is -3.56. The van der Waals surface area contributed by atoms with E-state index in [1.807, 2.05) is 0 Å². The van der Waals surface area contributed by atoms with E-state index in [-0.39, 0.29) is 11.1 Å². The minimum absolute atomic E-state index is 0.0473. The number of sulfonamides is 1. The molecule has 1 saturated carbocycles. The van der Waals surface area contributed by atoms with Crippen LogP contribution in [0.2, 0.25) is 0 Å². The second kappa shape index (κ2) is 5.20. The van der Waals surface area contributed by atoms with Gasteiger partial charge in [-0.15, -0.1) is 0 Å². The van der Waals surface area contributed by atoms with E-state index in [2.05, 4.69) is 4.72 Å². The van der Waals surface area contributed by atoms with Gasteiger partial charge in [-0.05, 0) is 30.9 Å². The lowest BCUT2D eigenvalue weighted by Crippen LogP contribution is -2.44. The Bertz CT molecular complexity index is 435. The molecule has 2 rings (SSSR count). The molecular formula is C11H18N2O3S. The smallest absolute Gasteiger partial charge is 0.274 e. The summed E-state index contributed by atoms with van der Waals surface area (Å²) in [6.45, 7) is 0.324. The Morgan fingerprint density at radius 1 is 1.47 bits per heavy atom. The van der Waals surface area contributed by atoms with Crippen LogP contribution in [0.4, 0.5) is 0 Å². The average Bonchev–Trinajstić information content (AvgIpc) is 2.97. The molecule has 0 saturated heterocycles. The summed E-state index contributed by atoms with van der Waals surface area (Å²) in [6, 6.07) is 2.80. The van der Waals surface area contributed by atoms with Crippen molar-refractivity contribution in [1.82, 2.24) is 4.72 Å². The maximum atomic E-state index is 12.0. The fourth-order valence-corrected chi connectivity index (χ4v) is 3.61. The van der Waals surface area contributed by atoms with Gasteiger partial charge in [0, 0.05) is 12.6 Å². The molecule has 0 radical (unpaired) electrons. The van der Waals surface area contributed by atoms with Crippen molar-refractivity contribution in [3.05, 3.63) is 18.4 Å². The van der Waals surface area contributed by atoms with Crippen LogP contribution in [0.5, 0.6) is 0 Å². The van der Waals surface area contributed by atoms with E-state index in [0.717, 1.165) is 25.7 Å². The lowest BCUT2D eigenvalue weighted by atomic mass is 9.99. The molecule has 1 fully saturated rings. The van der Waals surface area contributed by atoms with E-state index in [1.165, 1.54) is 12.3 Å². The van der Waals surface area contributed by atoms with Crippen LogP contribution in [0.25, 0.3) is 0 Å². The van der Waals surface area contributed by atoms with Crippen LogP contribution in [0.15, 0.2) is 27.9 Å². The SMILES string of the molecule is NCC(NS(=O)(=O)c1ccco1)C1CCCC1. The minimum Gasteiger partial charge on any atom is -0.452 e. The number of hydrogen-bond acceptors (Lipinski definition) is 4. The van der Waals surface area contributed by atoms with Crippen molar-refractivity contribution in [3.63, 3.8) is 0 Å². The maximum absolute atomic E-state index is 12.0. The van der Waals surface area contributed by atoms with Crippen LogP contribution in [-0.4, -0.2) is 21.0 Å². The average molecular weight is 258 g/mol. The first-order chi connectivity index (χ1) is 8.13. The highest BCUT2D eigenvalue weighted by Crippen LogP contribution is 2.28. The molecular weight excluding hydrogens is 240 g/mol. The molecule has 1 heterocycles. The molecule has 0 spiro atoms. The summed E-state index contributed by atoms with van der Waals surface area (Å²) in [5.41, 5.74) is 5.66. The number of nitrogens with one attached hydrogen (secondary N) is 1. The van der Waals surface area contributed by atoms with E-state index < -0.39 is 10.0 Å². The van der Waals surface area contributed by atoms with Gasteiger partial charge in [-0.25, -0.2) is 13.1 Å². The van der Waals surface area contributed by atoms with E-state index >= 15 is 0 Å². The quantitative estimate of drug-likeness (QED) is 0.827. The molecule has 3 N–H and O–H groups in total. The molecule has 6 heteroatoms. The Balaban J connectivity index is 2.08. The summed E-state index contributed by atoms with van der Waals surface area (Å²) >= 11 is 0. The Labute approximate surface area is 101 Å². The molecule has 1 unspecified atom stereocenters. The van der Waals surface area contributed by atoms with Crippen molar-refractivity contribution >= 4 is 10.0 Å². The first-order valence-electron chi connectivity index (χ1n) is 5.89. The highest BCUT2D eigenvalue weighted by Gasteiger charge is 2.29. The van der Waals surface area contributed by atoms with Gasteiger partial charge < -0.3 is 10.2 Å². The predicted molar refractivity (Wildman–Crippen MR) is 63.8 cm³/mol. The number of rotatable bonds is 5. The fourth-order valence-electron chi connectivity index (χ4n) is 2.37. The molecule has 0 aromatic carbocycles. The van der Waals surface area contributed by atoms with Crippen LogP contribution in [0.1, 0.15) is 25.7 Å². The van der Waals surface area contributed by atoms with Gasteiger partial charge in [0.15, 0.2) is 0 Å². The zero-order chi connectivity index (χ0) is 12.3. The van der Waals surface area contributed by atoms with Gasteiger partial charge in [0.25, 0.3) is 10.0 Å². The van der Waals surface area contributed by atoms with Crippen molar-refractivity contribution < 1.29 is 12.8 Å². The van der Waals surface area contributed by atoms with Crippen LogP contribution < -0.4 is 10.5 Å². The second-order valence-electron chi connectivity index (χ2n) is 4.44. The topological polar surface area (TPSA) is 85.3 Å². The van der Waals surface area contributed by atoms with Crippen molar-refractivity contribution in [2.75, 3.05) is 6.54 Å². The lowest BCUT2D eigenvalue weighted by Gasteiger charge is -2.22. The van der Waals surface area contributed by atoms with Crippen molar-refractivity contribution in [1.29, 1.82) is 0 Å². The Morgan fingerprint density at radius 2 is 2.18 bits per heavy atom. The predicted octanol–water partition coefficient (Wildman–Crippen LogP) is 1.08. The van der Waals surface area contributed by atoms with Gasteiger partial charge >= 0.3 is 0 Å². The monoisotopic (exact) mass is 258 g/mol. The van der Waals surface area contributed by atoms with Crippen molar-refractivity contribution in [3.8, 4) is 0 Å². The van der Waals surface area contributed by atoms with E-state index in [0.29, 0.717) is 12.5 Å². The van der Waals surface area contributed by atoms with Gasteiger partial charge in [-0.2, -0.15) is 0 Å². The first-order valence-corrected chi connectivity index (χ1v) is 7.37. The number of nitrogens with two attached hydrogens (primary N) is 1. The number of furan rings is 1. The highest BCUT2D eigenvalue weighted by molar-refractivity contribution is 7.89. The Hall–Kier alpha value is -0.850. The molecule has 1 atom stereocenters. The third-order valence-electron chi connectivity index (χ3n) is 3.29. The summed E-state index contributed by atoms with van der Waals surface area (Å²) in [6.07, 6.45) is 5.75. The standard InChI is InChI=1S/C11H18N2O3S/c12-8-10(9-4-1-2-5-9)13-17(14,15)11-6-3-7-16-11/h3,6-7,9-10,13H,1-2,4-5,8,12H2. The molecule has 1 aromatic rings. The summed E-state index contributed by atoms with van der Waals surface area (Å²) < 4.78 is 31.5. The largest absolute Gasteiger partial charge is 0.452 e.